The third kappa shape index (κ3) is 3.64. The van der Waals surface area contributed by atoms with Gasteiger partial charge in [0, 0.05) is 37.1 Å². The van der Waals surface area contributed by atoms with E-state index in [0.717, 1.165) is 37.5 Å². The molecule has 1 aromatic rings. The van der Waals surface area contributed by atoms with Crippen molar-refractivity contribution in [1.82, 2.24) is 10.2 Å². The predicted octanol–water partition coefficient (Wildman–Crippen LogP) is 1.96. The summed E-state index contributed by atoms with van der Waals surface area (Å²) >= 11 is 5.95. The van der Waals surface area contributed by atoms with Gasteiger partial charge in [-0.15, -0.1) is 0 Å². The van der Waals surface area contributed by atoms with Crippen LogP contribution in [0.1, 0.15) is 12.5 Å². The smallest absolute Gasteiger partial charge is 0.225 e. The van der Waals surface area contributed by atoms with Crippen molar-refractivity contribution in [3.63, 3.8) is 0 Å². The van der Waals surface area contributed by atoms with Crippen LogP contribution in [-0.4, -0.2) is 44.1 Å². The Morgan fingerprint density at radius 2 is 2.15 bits per heavy atom. The van der Waals surface area contributed by atoms with Gasteiger partial charge in [0.1, 0.15) is 5.75 Å². The molecular formula is C15H21ClN2O2. The number of halogens is 1. The molecule has 1 fully saturated rings. The highest BCUT2D eigenvalue weighted by Gasteiger charge is 2.23. The molecule has 5 heteroatoms. The maximum atomic E-state index is 12.4. The lowest BCUT2D eigenvalue weighted by Crippen LogP contribution is -2.48. The lowest BCUT2D eigenvalue weighted by molar-refractivity contribution is -0.135. The highest BCUT2D eigenvalue weighted by Crippen LogP contribution is 2.26. The SMILES string of the molecule is COc1cc(Cl)ccc1CC(C)C(=O)N1CCNCC1. The van der Waals surface area contributed by atoms with Crippen molar-refractivity contribution in [3.05, 3.63) is 28.8 Å². The largest absolute Gasteiger partial charge is 0.496 e. The highest BCUT2D eigenvalue weighted by atomic mass is 35.5. The maximum Gasteiger partial charge on any atom is 0.225 e. The summed E-state index contributed by atoms with van der Waals surface area (Å²) in [4.78, 5) is 14.3. The molecule has 1 N–H and O–H groups in total. The quantitative estimate of drug-likeness (QED) is 0.923. The third-order valence-corrected chi connectivity index (χ3v) is 3.86. The van der Waals surface area contributed by atoms with Crippen molar-refractivity contribution in [3.8, 4) is 5.75 Å². The molecular weight excluding hydrogens is 276 g/mol. The van der Waals surface area contributed by atoms with E-state index in [1.807, 2.05) is 24.0 Å². The van der Waals surface area contributed by atoms with Gasteiger partial charge in [-0.3, -0.25) is 4.79 Å². The van der Waals surface area contributed by atoms with E-state index < -0.39 is 0 Å². The number of hydrogen-bond acceptors (Lipinski definition) is 3. The summed E-state index contributed by atoms with van der Waals surface area (Å²) in [6.45, 7) is 5.31. The van der Waals surface area contributed by atoms with Gasteiger partial charge in [0.05, 0.1) is 7.11 Å². The zero-order valence-corrected chi connectivity index (χ0v) is 12.7. The number of amides is 1. The lowest BCUT2D eigenvalue weighted by Gasteiger charge is -2.30. The first kappa shape index (κ1) is 15.1. The monoisotopic (exact) mass is 296 g/mol. The van der Waals surface area contributed by atoms with Crippen LogP contribution in [0.2, 0.25) is 5.02 Å². The molecule has 0 aliphatic carbocycles. The van der Waals surface area contributed by atoms with Gasteiger partial charge >= 0.3 is 0 Å². The molecule has 0 aromatic heterocycles. The maximum absolute atomic E-state index is 12.4. The minimum Gasteiger partial charge on any atom is -0.496 e. The second-order valence-electron chi connectivity index (χ2n) is 5.14. The van der Waals surface area contributed by atoms with Crippen molar-refractivity contribution >= 4 is 17.5 Å². The summed E-state index contributed by atoms with van der Waals surface area (Å²) in [5.41, 5.74) is 1.02. The van der Waals surface area contributed by atoms with Crippen molar-refractivity contribution in [1.29, 1.82) is 0 Å². The summed E-state index contributed by atoms with van der Waals surface area (Å²) in [7, 11) is 1.62. The average molecular weight is 297 g/mol. The summed E-state index contributed by atoms with van der Waals surface area (Å²) in [6, 6.07) is 5.56. The van der Waals surface area contributed by atoms with E-state index in [0.29, 0.717) is 11.4 Å². The fraction of sp³-hybridized carbons (Fsp3) is 0.533. The molecule has 2 rings (SSSR count). The van der Waals surface area contributed by atoms with Crippen LogP contribution in [-0.2, 0) is 11.2 Å². The van der Waals surface area contributed by atoms with Gasteiger partial charge < -0.3 is 15.0 Å². The number of nitrogens with zero attached hydrogens (tertiary/aromatic N) is 1. The number of hydrogen-bond donors (Lipinski definition) is 1. The van der Waals surface area contributed by atoms with Gasteiger partial charge in [0.25, 0.3) is 0 Å². The van der Waals surface area contributed by atoms with Crippen LogP contribution in [0, 0.1) is 5.92 Å². The summed E-state index contributed by atoms with van der Waals surface area (Å²) in [5.74, 6) is 0.907. The molecule has 0 radical (unpaired) electrons. The van der Waals surface area contributed by atoms with Crippen LogP contribution in [0.25, 0.3) is 0 Å². The highest BCUT2D eigenvalue weighted by molar-refractivity contribution is 6.30. The Morgan fingerprint density at radius 3 is 2.80 bits per heavy atom. The first-order valence-electron chi connectivity index (χ1n) is 6.93. The van der Waals surface area contributed by atoms with Crippen LogP contribution in [0.4, 0.5) is 0 Å². The summed E-state index contributed by atoms with van der Waals surface area (Å²) < 4.78 is 5.33. The molecule has 110 valence electrons. The minimum atomic E-state index is -0.0526. The van der Waals surface area contributed by atoms with Crippen molar-refractivity contribution in [2.45, 2.75) is 13.3 Å². The van der Waals surface area contributed by atoms with Crippen LogP contribution >= 0.6 is 11.6 Å². The molecule has 1 saturated heterocycles. The van der Waals surface area contributed by atoms with Gasteiger partial charge in [0.15, 0.2) is 0 Å². The summed E-state index contributed by atoms with van der Waals surface area (Å²) in [5, 5.41) is 3.90. The Labute approximate surface area is 125 Å². The zero-order valence-electron chi connectivity index (χ0n) is 12.0. The Hall–Kier alpha value is -1.26. The third-order valence-electron chi connectivity index (χ3n) is 3.63. The Kier molecular flexibility index (Phi) is 5.26. The molecule has 4 nitrogen and oxygen atoms in total. The standard InChI is InChI=1S/C15H21ClN2O2/c1-11(15(19)18-7-5-17-6-8-18)9-12-3-4-13(16)10-14(12)20-2/h3-4,10-11,17H,5-9H2,1-2H3. The predicted molar refractivity (Wildman–Crippen MR) is 80.3 cm³/mol. The average Bonchev–Trinajstić information content (AvgIpc) is 2.49. The van der Waals surface area contributed by atoms with E-state index in [-0.39, 0.29) is 11.8 Å². The molecule has 0 bridgehead atoms. The Balaban J connectivity index is 2.03. The number of piperazine rings is 1. The van der Waals surface area contributed by atoms with E-state index in [9.17, 15) is 4.79 Å². The first-order valence-corrected chi connectivity index (χ1v) is 7.31. The molecule has 1 atom stereocenters. The molecule has 0 saturated carbocycles. The number of carbonyl (C=O) groups is 1. The normalized spacial score (nSPS) is 16.9. The van der Waals surface area contributed by atoms with E-state index in [1.165, 1.54) is 0 Å². The molecule has 1 heterocycles. The van der Waals surface area contributed by atoms with Gasteiger partial charge in [-0.25, -0.2) is 0 Å². The van der Waals surface area contributed by atoms with E-state index in [2.05, 4.69) is 5.32 Å². The Bertz CT molecular complexity index is 473. The van der Waals surface area contributed by atoms with E-state index >= 15 is 0 Å². The first-order chi connectivity index (χ1) is 9.61. The summed E-state index contributed by atoms with van der Waals surface area (Å²) in [6.07, 6.45) is 0.670. The molecule has 1 unspecified atom stereocenters. The second kappa shape index (κ2) is 6.95. The molecule has 1 amide bonds. The van der Waals surface area contributed by atoms with Crippen molar-refractivity contribution in [2.24, 2.45) is 5.92 Å². The van der Waals surface area contributed by atoms with Crippen molar-refractivity contribution < 1.29 is 9.53 Å². The Morgan fingerprint density at radius 1 is 1.45 bits per heavy atom. The minimum absolute atomic E-state index is 0.0526. The van der Waals surface area contributed by atoms with Gasteiger partial charge in [-0.1, -0.05) is 24.6 Å². The number of benzene rings is 1. The number of rotatable bonds is 4. The van der Waals surface area contributed by atoms with Gasteiger partial charge in [0.2, 0.25) is 5.91 Å². The lowest BCUT2D eigenvalue weighted by atomic mass is 9.98. The van der Waals surface area contributed by atoms with Crippen LogP contribution in [0.5, 0.6) is 5.75 Å². The molecule has 1 aromatic carbocycles. The van der Waals surface area contributed by atoms with Crippen LogP contribution < -0.4 is 10.1 Å². The number of ether oxygens (including phenoxy) is 1. The zero-order chi connectivity index (χ0) is 14.5. The van der Waals surface area contributed by atoms with E-state index in [1.54, 1.807) is 13.2 Å². The number of nitrogens with one attached hydrogen (secondary N) is 1. The topological polar surface area (TPSA) is 41.6 Å². The molecule has 20 heavy (non-hydrogen) atoms. The van der Waals surface area contributed by atoms with Crippen molar-refractivity contribution in [2.75, 3.05) is 33.3 Å². The number of methoxy groups -OCH3 is 1. The number of carbonyl (C=O) groups excluding carboxylic acids is 1. The van der Waals surface area contributed by atoms with Gasteiger partial charge in [-0.05, 0) is 24.1 Å². The van der Waals surface area contributed by atoms with Crippen LogP contribution in [0.15, 0.2) is 18.2 Å². The second-order valence-corrected chi connectivity index (χ2v) is 5.57. The van der Waals surface area contributed by atoms with Gasteiger partial charge in [-0.2, -0.15) is 0 Å². The molecule has 1 aliphatic rings. The van der Waals surface area contributed by atoms with Crippen LogP contribution in [0.3, 0.4) is 0 Å². The fourth-order valence-electron chi connectivity index (χ4n) is 2.50. The molecule has 1 aliphatic heterocycles. The fourth-order valence-corrected chi connectivity index (χ4v) is 2.66. The van der Waals surface area contributed by atoms with E-state index in [4.69, 9.17) is 16.3 Å². The molecule has 0 spiro atoms.